The molecule has 3 aromatic rings. The molecule has 0 bridgehead atoms. The Kier molecular flexibility index (Phi) is 4.40. The fourth-order valence-electron chi connectivity index (χ4n) is 3.70. The van der Waals surface area contributed by atoms with E-state index in [-0.39, 0.29) is 11.6 Å². The lowest BCUT2D eigenvalue weighted by Crippen LogP contribution is -2.26. The van der Waals surface area contributed by atoms with Crippen molar-refractivity contribution in [2.75, 3.05) is 31.5 Å². The summed E-state index contributed by atoms with van der Waals surface area (Å²) in [6.45, 7) is 3.67. The largest absolute Gasteiger partial charge is 0.384 e. The van der Waals surface area contributed by atoms with E-state index < -0.39 is 0 Å². The Morgan fingerprint density at radius 1 is 1.12 bits per heavy atom. The molecule has 3 nitrogen and oxygen atoms in total. The Bertz CT molecular complexity index is 874. The number of nitrogens with zero attached hydrogens (tertiary/aromatic N) is 1. The molecule has 0 amide bonds. The number of anilines is 1. The van der Waals surface area contributed by atoms with E-state index in [1.165, 1.54) is 23.8 Å². The highest BCUT2D eigenvalue weighted by atomic mass is 19.1. The molecule has 2 N–H and O–H groups in total. The van der Waals surface area contributed by atoms with Crippen molar-refractivity contribution < 1.29 is 8.78 Å². The molecule has 1 atom stereocenters. The maximum atomic E-state index is 13.6. The molecule has 2 aromatic carbocycles. The normalized spacial score (nSPS) is 18.1. The van der Waals surface area contributed by atoms with Gasteiger partial charge in [-0.05, 0) is 60.8 Å². The highest BCUT2D eigenvalue weighted by Crippen LogP contribution is 2.32. The summed E-state index contributed by atoms with van der Waals surface area (Å²) >= 11 is 0. The lowest BCUT2D eigenvalue weighted by atomic mass is 9.98. The highest BCUT2D eigenvalue weighted by molar-refractivity contribution is 5.83. The zero-order valence-corrected chi connectivity index (χ0v) is 13.9. The van der Waals surface area contributed by atoms with Crippen LogP contribution in [0.1, 0.15) is 17.9 Å². The second-order valence-corrected chi connectivity index (χ2v) is 6.66. The van der Waals surface area contributed by atoms with E-state index in [4.69, 9.17) is 0 Å². The van der Waals surface area contributed by atoms with Crippen LogP contribution in [0.3, 0.4) is 0 Å². The molecule has 1 fully saturated rings. The minimum absolute atomic E-state index is 0.192. The van der Waals surface area contributed by atoms with Crippen LogP contribution in [0.2, 0.25) is 0 Å². The van der Waals surface area contributed by atoms with Crippen molar-refractivity contribution in [1.82, 2.24) is 9.88 Å². The van der Waals surface area contributed by atoms with Gasteiger partial charge in [0.1, 0.15) is 11.6 Å². The van der Waals surface area contributed by atoms with Gasteiger partial charge in [-0.25, -0.2) is 8.78 Å². The number of rotatable bonds is 5. The third kappa shape index (κ3) is 3.51. The summed E-state index contributed by atoms with van der Waals surface area (Å²) in [5.41, 5.74) is 3.00. The van der Waals surface area contributed by atoms with Gasteiger partial charge in [0.25, 0.3) is 0 Å². The molecule has 1 aliphatic heterocycles. The predicted molar refractivity (Wildman–Crippen MR) is 96.9 cm³/mol. The smallest absolute Gasteiger partial charge is 0.125 e. The van der Waals surface area contributed by atoms with Gasteiger partial charge in [0.05, 0.1) is 0 Å². The van der Waals surface area contributed by atoms with Gasteiger partial charge in [-0.15, -0.1) is 0 Å². The zero-order chi connectivity index (χ0) is 17.2. The van der Waals surface area contributed by atoms with Crippen molar-refractivity contribution in [1.29, 1.82) is 0 Å². The lowest BCUT2D eigenvalue weighted by molar-refractivity contribution is 0.348. The van der Waals surface area contributed by atoms with Gasteiger partial charge in [-0.2, -0.15) is 0 Å². The summed E-state index contributed by atoms with van der Waals surface area (Å²) in [5, 5.41) is 4.25. The number of aromatic nitrogens is 1. The first-order valence-corrected chi connectivity index (χ1v) is 8.67. The van der Waals surface area contributed by atoms with Crippen molar-refractivity contribution in [3.63, 3.8) is 0 Å². The highest BCUT2D eigenvalue weighted by Gasteiger charge is 2.25. The molecule has 4 rings (SSSR count). The number of H-pyrrole nitrogens is 1. The molecule has 1 aliphatic rings. The zero-order valence-electron chi connectivity index (χ0n) is 13.9. The molecular formula is C20H21F2N3. The second kappa shape index (κ2) is 6.84. The Morgan fingerprint density at radius 2 is 2.00 bits per heavy atom. The van der Waals surface area contributed by atoms with E-state index in [0.29, 0.717) is 5.92 Å². The number of hydrogen-bond donors (Lipinski definition) is 2. The Labute approximate surface area is 145 Å². The van der Waals surface area contributed by atoms with Crippen LogP contribution in [0.25, 0.3) is 10.9 Å². The summed E-state index contributed by atoms with van der Waals surface area (Å²) < 4.78 is 26.7. The predicted octanol–water partition coefficient (Wildman–Crippen LogP) is 4.35. The molecule has 2 heterocycles. The van der Waals surface area contributed by atoms with Gasteiger partial charge in [0.15, 0.2) is 0 Å². The van der Waals surface area contributed by atoms with Crippen molar-refractivity contribution in [2.24, 2.45) is 0 Å². The van der Waals surface area contributed by atoms with Gasteiger partial charge in [0, 0.05) is 42.4 Å². The first kappa shape index (κ1) is 16.1. The number of halogens is 2. The molecule has 0 saturated carbocycles. The average molecular weight is 341 g/mol. The number of fused-ring (bicyclic) bond motifs is 1. The van der Waals surface area contributed by atoms with Crippen LogP contribution in [0.15, 0.2) is 48.7 Å². The van der Waals surface area contributed by atoms with E-state index in [1.807, 2.05) is 12.3 Å². The van der Waals surface area contributed by atoms with Crippen molar-refractivity contribution in [2.45, 2.75) is 12.3 Å². The molecule has 0 aliphatic carbocycles. The van der Waals surface area contributed by atoms with E-state index in [2.05, 4.69) is 15.2 Å². The molecule has 5 heteroatoms. The van der Waals surface area contributed by atoms with Crippen LogP contribution >= 0.6 is 0 Å². The summed E-state index contributed by atoms with van der Waals surface area (Å²) in [4.78, 5) is 5.64. The minimum atomic E-state index is -0.224. The number of benzene rings is 2. The standard InChI is InChI=1S/C20H21F2N3/c21-15-2-1-3-17(10-15)23-7-9-25-8-6-14(13-25)19-12-24-20-5-4-16(22)11-18(19)20/h1-5,10-12,14,23-24H,6-9,13H2. The molecule has 130 valence electrons. The Hall–Kier alpha value is -2.40. The fraction of sp³-hybridized carbons (Fsp3) is 0.300. The summed E-state index contributed by atoms with van der Waals surface area (Å²) in [5.74, 6) is 0.00465. The van der Waals surface area contributed by atoms with E-state index in [0.717, 1.165) is 49.2 Å². The number of likely N-dealkylation sites (tertiary alicyclic amines) is 1. The maximum Gasteiger partial charge on any atom is 0.125 e. The third-order valence-electron chi connectivity index (χ3n) is 4.97. The quantitative estimate of drug-likeness (QED) is 0.723. The van der Waals surface area contributed by atoms with E-state index in [9.17, 15) is 8.78 Å². The van der Waals surface area contributed by atoms with E-state index in [1.54, 1.807) is 18.2 Å². The van der Waals surface area contributed by atoms with Crippen molar-refractivity contribution >= 4 is 16.6 Å². The molecule has 1 unspecified atom stereocenters. The Morgan fingerprint density at radius 3 is 2.88 bits per heavy atom. The number of nitrogens with one attached hydrogen (secondary N) is 2. The molecule has 0 spiro atoms. The first-order chi connectivity index (χ1) is 12.2. The number of aromatic amines is 1. The summed E-state index contributed by atoms with van der Waals surface area (Å²) in [6, 6.07) is 11.4. The number of hydrogen-bond acceptors (Lipinski definition) is 2. The fourth-order valence-corrected chi connectivity index (χ4v) is 3.70. The van der Waals surface area contributed by atoms with Crippen LogP contribution in [0.5, 0.6) is 0 Å². The molecular weight excluding hydrogens is 320 g/mol. The van der Waals surface area contributed by atoms with Gasteiger partial charge in [0.2, 0.25) is 0 Å². The van der Waals surface area contributed by atoms with Gasteiger partial charge >= 0.3 is 0 Å². The van der Waals surface area contributed by atoms with Crippen LogP contribution in [-0.2, 0) is 0 Å². The Balaban J connectivity index is 1.35. The first-order valence-electron chi connectivity index (χ1n) is 8.67. The second-order valence-electron chi connectivity index (χ2n) is 6.66. The topological polar surface area (TPSA) is 31.1 Å². The van der Waals surface area contributed by atoms with Crippen LogP contribution in [0, 0.1) is 11.6 Å². The lowest BCUT2D eigenvalue weighted by Gasteiger charge is -2.17. The van der Waals surface area contributed by atoms with Crippen LogP contribution < -0.4 is 5.32 Å². The summed E-state index contributed by atoms with van der Waals surface area (Å²) in [7, 11) is 0. The van der Waals surface area contributed by atoms with Gasteiger partial charge in [-0.3, -0.25) is 0 Å². The summed E-state index contributed by atoms with van der Waals surface area (Å²) in [6.07, 6.45) is 3.09. The molecule has 1 aromatic heterocycles. The molecule has 1 saturated heterocycles. The van der Waals surface area contributed by atoms with Gasteiger partial charge < -0.3 is 15.2 Å². The maximum absolute atomic E-state index is 13.6. The van der Waals surface area contributed by atoms with Gasteiger partial charge in [-0.1, -0.05) is 6.07 Å². The third-order valence-corrected chi connectivity index (χ3v) is 4.97. The SMILES string of the molecule is Fc1cccc(NCCN2CCC(c3c[nH]c4ccc(F)cc34)C2)c1. The average Bonchev–Trinajstić information content (AvgIpc) is 3.21. The van der Waals surface area contributed by atoms with Crippen LogP contribution in [-0.4, -0.2) is 36.1 Å². The minimum Gasteiger partial charge on any atom is -0.384 e. The monoisotopic (exact) mass is 341 g/mol. The van der Waals surface area contributed by atoms with Crippen molar-refractivity contribution in [3.8, 4) is 0 Å². The van der Waals surface area contributed by atoms with Crippen molar-refractivity contribution in [3.05, 3.63) is 65.9 Å². The molecule has 25 heavy (non-hydrogen) atoms. The van der Waals surface area contributed by atoms with E-state index >= 15 is 0 Å². The molecule has 0 radical (unpaired) electrons. The van der Waals surface area contributed by atoms with Crippen LogP contribution in [0.4, 0.5) is 14.5 Å².